The van der Waals surface area contributed by atoms with Crippen molar-refractivity contribution in [2.45, 2.75) is 26.3 Å². The maximum Gasteiger partial charge on any atom is 0.0574 e. The number of aromatic nitrogens is 1. The quantitative estimate of drug-likeness (QED) is 0.203. The normalized spacial score (nSPS) is 13.1. The van der Waals surface area contributed by atoms with E-state index in [1.165, 1.54) is 99.0 Å². The van der Waals surface area contributed by atoms with E-state index < -0.39 is 0 Å². The Morgan fingerprint density at radius 1 is 0.535 bits per heavy atom. The van der Waals surface area contributed by atoms with E-state index in [0.29, 0.717) is 0 Å². The molecular formula is C42H29N. The number of hydrogen-bond acceptors (Lipinski definition) is 0. The molecule has 0 fully saturated rings. The lowest BCUT2D eigenvalue weighted by Gasteiger charge is -2.16. The van der Waals surface area contributed by atoms with Crippen LogP contribution in [0.5, 0.6) is 0 Å². The first-order valence-corrected chi connectivity index (χ1v) is 15.4. The Bertz CT molecular complexity index is 2490. The highest BCUT2D eigenvalue weighted by molar-refractivity contribution is 6.29. The molecule has 0 saturated heterocycles. The number of nitrogens with zero attached hydrogens (tertiary/aromatic N) is 1. The van der Waals surface area contributed by atoms with Gasteiger partial charge in [0.2, 0.25) is 0 Å². The molecule has 0 amide bonds. The molecule has 0 spiro atoms. The van der Waals surface area contributed by atoms with Crippen molar-refractivity contribution in [3.63, 3.8) is 0 Å². The summed E-state index contributed by atoms with van der Waals surface area (Å²) in [5.41, 5.74) is 17.0. The van der Waals surface area contributed by atoms with Gasteiger partial charge in [-0.2, -0.15) is 0 Å². The molecule has 0 unspecified atom stereocenters. The summed E-state index contributed by atoms with van der Waals surface area (Å²) >= 11 is 0. The van der Waals surface area contributed by atoms with Gasteiger partial charge in [-0.05, 0) is 85.1 Å². The predicted molar refractivity (Wildman–Crippen MR) is 181 cm³/mol. The molecule has 2 aliphatic carbocycles. The maximum absolute atomic E-state index is 2.67. The molecule has 0 bridgehead atoms. The van der Waals surface area contributed by atoms with Gasteiger partial charge in [-0.25, -0.2) is 0 Å². The highest BCUT2D eigenvalue weighted by atomic mass is 15.0. The van der Waals surface area contributed by atoms with Gasteiger partial charge < -0.3 is 4.57 Å². The average Bonchev–Trinajstić information content (AvgIpc) is 3.71. The molecule has 2 aliphatic rings. The zero-order valence-corrected chi connectivity index (χ0v) is 24.1. The molecule has 7 aromatic carbocycles. The molecule has 0 radical (unpaired) electrons. The number of hydrogen-bond donors (Lipinski definition) is 0. The van der Waals surface area contributed by atoms with E-state index >= 15 is 0 Å². The fourth-order valence-corrected chi connectivity index (χ4v) is 8.52. The van der Waals surface area contributed by atoms with Crippen molar-refractivity contribution in [1.29, 1.82) is 0 Å². The zero-order chi connectivity index (χ0) is 28.2. The largest absolute Gasteiger partial charge is 0.335 e. The standard InChI is InChI=1S/C42H29N/c1-25-20-26(21-30-22-28-11-3-5-13-31(28)38(25)30)24-43-41-33-15-7-2-10-27(33)18-19-36(41)40-35-17-9-8-16-34(35)39-32-14-6-4-12-29(32)23-37(39)42(40)43/h2-21H,22-24H2,1H3. The van der Waals surface area contributed by atoms with Crippen LogP contribution < -0.4 is 0 Å². The van der Waals surface area contributed by atoms with Crippen LogP contribution in [0.3, 0.4) is 0 Å². The molecule has 1 nitrogen and oxygen atoms in total. The summed E-state index contributed by atoms with van der Waals surface area (Å²) in [4.78, 5) is 0. The molecule has 0 N–H and O–H groups in total. The summed E-state index contributed by atoms with van der Waals surface area (Å²) in [6.45, 7) is 3.15. The first kappa shape index (κ1) is 23.4. The fraction of sp³-hybridized carbons (Fsp3) is 0.0952. The van der Waals surface area contributed by atoms with Crippen molar-refractivity contribution >= 4 is 43.4 Å². The van der Waals surface area contributed by atoms with Crippen LogP contribution in [0.25, 0.3) is 65.6 Å². The van der Waals surface area contributed by atoms with E-state index in [0.717, 1.165) is 19.4 Å². The molecule has 0 atom stereocenters. The van der Waals surface area contributed by atoms with Gasteiger partial charge >= 0.3 is 0 Å². The first-order chi connectivity index (χ1) is 21.2. The summed E-state index contributed by atoms with van der Waals surface area (Å²) in [5, 5.41) is 8.10. The second-order valence-corrected chi connectivity index (χ2v) is 12.5. The van der Waals surface area contributed by atoms with Crippen molar-refractivity contribution < 1.29 is 0 Å². The van der Waals surface area contributed by atoms with Gasteiger partial charge in [-0.3, -0.25) is 0 Å². The summed E-state index contributed by atoms with van der Waals surface area (Å²) in [5.74, 6) is 0. The number of benzene rings is 7. The van der Waals surface area contributed by atoms with Gasteiger partial charge in [0.15, 0.2) is 0 Å². The zero-order valence-electron chi connectivity index (χ0n) is 24.1. The summed E-state index contributed by atoms with van der Waals surface area (Å²) in [7, 11) is 0. The Morgan fingerprint density at radius 2 is 1.21 bits per heavy atom. The Labute approximate surface area is 250 Å². The van der Waals surface area contributed by atoms with Crippen LogP contribution in [-0.2, 0) is 19.4 Å². The molecule has 1 aromatic heterocycles. The summed E-state index contributed by atoms with van der Waals surface area (Å²) < 4.78 is 2.67. The van der Waals surface area contributed by atoms with Crippen LogP contribution in [0, 0.1) is 6.92 Å². The smallest absolute Gasteiger partial charge is 0.0574 e. The van der Waals surface area contributed by atoms with Crippen molar-refractivity contribution in [2.24, 2.45) is 0 Å². The fourth-order valence-electron chi connectivity index (χ4n) is 8.52. The second kappa shape index (κ2) is 8.46. The van der Waals surface area contributed by atoms with E-state index in [1.807, 2.05) is 0 Å². The highest BCUT2D eigenvalue weighted by Crippen LogP contribution is 2.49. The van der Waals surface area contributed by atoms with Crippen LogP contribution in [0.4, 0.5) is 0 Å². The molecule has 0 aliphatic heterocycles. The Morgan fingerprint density at radius 3 is 2.05 bits per heavy atom. The molecule has 202 valence electrons. The highest BCUT2D eigenvalue weighted by Gasteiger charge is 2.28. The third-order valence-electron chi connectivity index (χ3n) is 10.1. The minimum atomic E-state index is 0.847. The lowest BCUT2D eigenvalue weighted by molar-refractivity contribution is 0.865. The molecule has 43 heavy (non-hydrogen) atoms. The lowest BCUT2D eigenvalue weighted by atomic mass is 9.93. The Hall–Kier alpha value is -5.14. The summed E-state index contributed by atoms with van der Waals surface area (Å²) in [6.07, 6.45) is 1.99. The van der Waals surface area contributed by atoms with Gasteiger partial charge in [0.25, 0.3) is 0 Å². The van der Waals surface area contributed by atoms with Gasteiger partial charge in [-0.1, -0.05) is 121 Å². The second-order valence-electron chi connectivity index (χ2n) is 12.5. The minimum Gasteiger partial charge on any atom is -0.335 e. The van der Waals surface area contributed by atoms with Crippen LogP contribution in [-0.4, -0.2) is 4.57 Å². The first-order valence-electron chi connectivity index (χ1n) is 15.4. The minimum absolute atomic E-state index is 0.847. The predicted octanol–water partition coefficient (Wildman–Crippen LogP) is 10.6. The van der Waals surface area contributed by atoms with Gasteiger partial charge in [0.1, 0.15) is 0 Å². The van der Waals surface area contributed by atoms with E-state index in [4.69, 9.17) is 0 Å². The van der Waals surface area contributed by atoms with E-state index in [1.54, 1.807) is 0 Å². The molecule has 10 rings (SSSR count). The molecule has 1 heterocycles. The van der Waals surface area contributed by atoms with Gasteiger partial charge in [0, 0.05) is 29.1 Å². The van der Waals surface area contributed by atoms with Crippen molar-refractivity contribution in [3.05, 3.63) is 155 Å². The monoisotopic (exact) mass is 547 g/mol. The third kappa shape index (κ3) is 3.12. The van der Waals surface area contributed by atoms with Crippen LogP contribution in [0.15, 0.2) is 121 Å². The molecular weight excluding hydrogens is 518 g/mol. The molecule has 0 saturated carbocycles. The van der Waals surface area contributed by atoms with Crippen LogP contribution in [0.2, 0.25) is 0 Å². The summed E-state index contributed by atoms with van der Waals surface area (Å²) in [6, 6.07) is 45.6. The van der Waals surface area contributed by atoms with Crippen molar-refractivity contribution in [1.82, 2.24) is 4.57 Å². The third-order valence-corrected chi connectivity index (χ3v) is 10.1. The molecule has 1 heteroatoms. The Kier molecular flexibility index (Phi) is 4.61. The maximum atomic E-state index is 2.67. The van der Waals surface area contributed by atoms with E-state index in [9.17, 15) is 0 Å². The van der Waals surface area contributed by atoms with Crippen molar-refractivity contribution in [2.75, 3.05) is 0 Å². The van der Waals surface area contributed by atoms with Gasteiger partial charge in [-0.15, -0.1) is 0 Å². The topological polar surface area (TPSA) is 4.93 Å². The average molecular weight is 548 g/mol. The number of aryl methyl sites for hydroxylation is 1. The Balaban J connectivity index is 1.32. The lowest BCUT2D eigenvalue weighted by Crippen LogP contribution is -2.03. The van der Waals surface area contributed by atoms with E-state index in [2.05, 4.69) is 133 Å². The van der Waals surface area contributed by atoms with Crippen molar-refractivity contribution in [3.8, 4) is 22.3 Å². The van der Waals surface area contributed by atoms with E-state index in [-0.39, 0.29) is 0 Å². The number of rotatable bonds is 2. The number of fused-ring (bicyclic) bond motifs is 15. The molecule has 8 aromatic rings. The van der Waals surface area contributed by atoms with Crippen LogP contribution >= 0.6 is 0 Å². The van der Waals surface area contributed by atoms with Gasteiger partial charge in [0.05, 0.1) is 11.0 Å². The van der Waals surface area contributed by atoms with Crippen LogP contribution in [0.1, 0.15) is 33.4 Å². The SMILES string of the molecule is Cc1cc(Cn2c3c4c(c5ccccc5c3c3ccc5ccccc5c32)-c2ccccc2C4)cc2c1-c1ccccc1C2.